The Morgan fingerprint density at radius 3 is 2.78 bits per heavy atom. The number of fused-ring (bicyclic) bond motifs is 2. The van der Waals surface area contributed by atoms with Crippen molar-refractivity contribution in [3.05, 3.63) is 72.9 Å². The highest BCUT2D eigenvalue weighted by atomic mass is 16.5. The predicted molar refractivity (Wildman–Crippen MR) is 142 cm³/mol. The smallest absolute Gasteiger partial charge is 0.258 e. The zero-order valence-electron chi connectivity index (χ0n) is 20.5. The first-order valence-corrected chi connectivity index (χ1v) is 12.0. The van der Waals surface area contributed by atoms with Gasteiger partial charge in [0, 0.05) is 35.1 Å². The van der Waals surface area contributed by atoms with Crippen LogP contribution in [0.2, 0.25) is 0 Å². The molecule has 182 valence electrons. The quantitative estimate of drug-likeness (QED) is 0.316. The van der Waals surface area contributed by atoms with Gasteiger partial charge in [0.2, 0.25) is 0 Å². The van der Waals surface area contributed by atoms with Crippen LogP contribution in [0.25, 0.3) is 33.2 Å². The summed E-state index contributed by atoms with van der Waals surface area (Å²) in [7, 11) is 1.93. The molecule has 0 bridgehead atoms. The number of amides is 1. The second-order valence-electron chi connectivity index (χ2n) is 8.77. The van der Waals surface area contributed by atoms with E-state index in [1.54, 1.807) is 0 Å². The number of anilines is 2. The van der Waals surface area contributed by atoms with Gasteiger partial charge < -0.3 is 15.4 Å². The lowest BCUT2D eigenvalue weighted by molar-refractivity contribution is -0.123. The Morgan fingerprint density at radius 1 is 1.06 bits per heavy atom. The van der Waals surface area contributed by atoms with Crippen LogP contribution < -0.4 is 15.4 Å². The summed E-state index contributed by atoms with van der Waals surface area (Å²) >= 11 is 0. The minimum absolute atomic E-state index is 0.0456. The maximum absolute atomic E-state index is 12.1. The fourth-order valence-electron chi connectivity index (χ4n) is 3.97. The average molecular weight is 481 g/mol. The van der Waals surface area contributed by atoms with Gasteiger partial charge in [-0.2, -0.15) is 5.10 Å². The molecule has 8 heteroatoms. The highest BCUT2D eigenvalue weighted by Crippen LogP contribution is 2.29. The number of hydrogen-bond donors (Lipinski definition) is 2. The third kappa shape index (κ3) is 4.98. The van der Waals surface area contributed by atoms with Gasteiger partial charge in [-0.1, -0.05) is 31.2 Å². The molecule has 2 aromatic heterocycles. The molecule has 1 unspecified atom stereocenters. The molecule has 0 aliphatic rings. The molecule has 0 radical (unpaired) electrons. The average Bonchev–Trinajstić information content (AvgIpc) is 3.27. The third-order valence-electron chi connectivity index (χ3n) is 6.09. The number of ether oxygens (including phenoxy) is 1. The van der Waals surface area contributed by atoms with Crippen LogP contribution in [0.5, 0.6) is 5.75 Å². The molecule has 36 heavy (non-hydrogen) atoms. The van der Waals surface area contributed by atoms with E-state index in [4.69, 9.17) is 14.7 Å². The van der Waals surface area contributed by atoms with Crippen molar-refractivity contribution in [1.29, 1.82) is 0 Å². The maximum Gasteiger partial charge on any atom is 0.258 e. The number of hydrogen-bond acceptors (Lipinski definition) is 6. The van der Waals surface area contributed by atoms with Crippen LogP contribution in [-0.2, 0) is 11.8 Å². The molecule has 2 heterocycles. The summed E-state index contributed by atoms with van der Waals surface area (Å²) in [5.41, 5.74) is 3.59. The molecule has 8 nitrogen and oxygen atoms in total. The summed E-state index contributed by atoms with van der Waals surface area (Å²) in [4.78, 5) is 21.8. The molecule has 1 amide bonds. The predicted octanol–water partition coefficient (Wildman–Crippen LogP) is 5.22. The van der Waals surface area contributed by atoms with E-state index in [0.717, 1.165) is 39.5 Å². The van der Waals surface area contributed by atoms with E-state index in [2.05, 4.69) is 21.8 Å². The standard InChI is InChI=1S/C28H28N6O2/c1-4-18(2)30-26(35)17-36-22-9-7-8-19(15-22)27-32-24-11-6-5-10-23(24)28(33-27)31-21-12-13-25-20(14-21)16-29-34(25)3/h5-16,18H,4,17H2,1-3H3,(H,30,35)(H,31,32,33). The first-order valence-electron chi connectivity index (χ1n) is 12.0. The van der Waals surface area contributed by atoms with Gasteiger partial charge >= 0.3 is 0 Å². The first-order chi connectivity index (χ1) is 17.5. The Labute approximate surface area is 209 Å². The van der Waals surface area contributed by atoms with Crippen LogP contribution in [-0.4, -0.2) is 38.3 Å². The van der Waals surface area contributed by atoms with E-state index in [1.807, 2.05) is 92.4 Å². The van der Waals surface area contributed by atoms with E-state index < -0.39 is 0 Å². The molecule has 0 saturated heterocycles. The molecule has 0 saturated carbocycles. The lowest BCUT2D eigenvalue weighted by Gasteiger charge is -2.13. The number of aromatic nitrogens is 4. The summed E-state index contributed by atoms with van der Waals surface area (Å²) in [6, 6.07) is 21.6. The van der Waals surface area contributed by atoms with Crippen molar-refractivity contribution < 1.29 is 9.53 Å². The van der Waals surface area contributed by atoms with Crippen molar-refractivity contribution in [3.63, 3.8) is 0 Å². The Hall–Kier alpha value is -4.46. The van der Waals surface area contributed by atoms with Gasteiger partial charge in [-0.05, 0) is 55.8 Å². The normalized spacial score (nSPS) is 12.0. The number of carbonyl (C=O) groups excluding carboxylic acids is 1. The van der Waals surface area contributed by atoms with Crippen LogP contribution in [0.15, 0.2) is 72.9 Å². The molecule has 0 spiro atoms. The topological polar surface area (TPSA) is 94.0 Å². The summed E-state index contributed by atoms with van der Waals surface area (Å²) in [6.45, 7) is 3.95. The van der Waals surface area contributed by atoms with Crippen LogP contribution in [0, 0.1) is 0 Å². The molecule has 5 aromatic rings. The van der Waals surface area contributed by atoms with Gasteiger partial charge in [-0.25, -0.2) is 9.97 Å². The SMILES string of the molecule is CCC(C)NC(=O)COc1cccc(-c2nc(Nc3ccc4c(cnn4C)c3)c3ccccc3n2)c1. The van der Waals surface area contributed by atoms with Gasteiger partial charge in [0.05, 0.1) is 17.2 Å². The van der Waals surface area contributed by atoms with E-state index in [0.29, 0.717) is 17.4 Å². The van der Waals surface area contributed by atoms with Crippen molar-refractivity contribution in [2.24, 2.45) is 7.05 Å². The molecule has 0 fully saturated rings. The lowest BCUT2D eigenvalue weighted by atomic mass is 10.1. The number of rotatable bonds is 8. The zero-order chi connectivity index (χ0) is 25.1. The Bertz CT molecular complexity index is 1540. The first kappa shape index (κ1) is 23.3. The van der Waals surface area contributed by atoms with Gasteiger partial charge in [0.25, 0.3) is 5.91 Å². The zero-order valence-corrected chi connectivity index (χ0v) is 20.5. The molecule has 3 aromatic carbocycles. The van der Waals surface area contributed by atoms with E-state index >= 15 is 0 Å². The number of para-hydroxylation sites is 1. The Kier molecular flexibility index (Phi) is 6.49. The summed E-state index contributed by atoms with van der Waals surface area (Å²) < 4.78 is 7.59. The van der Waals surface area contributed by atoms with Crippen molar-refractivity contribution in [2.45, 2.75) is 26.3 Å². The van der Waals surface area contributed by atoms with Gasteiger partial charge in [-0.3, -0.25) is 9.48 Å². The second-order valence-corrected chi connectivity index (χ2v) is 8.77. The second kappa shape index (κ2) is 10.0. The van der Waals surface area contributed by atoms with Gasteiger partial charge in [0.1, 0.15) is 11.6 Å². The van der Waals surface area contributed by atoms with E-state index in [1.165, 1.54) is 0 Å². The van der Waals surface area contributed by atoms with Crippen molar-refractivity contribution in [2.75, 3.05) is 11.9 Å². The summed E-state index contributed by atoms with van der Waals surface area (Å²) in [6.07, 6.45) is 2.71. The molecule has 5 rings (SSSR count). The van der Waals surface area contributed by atoms with Gasteiger partial charge in [0.15, 0.2) is 12.4 Å². The van der Waals surface area contributed by atoms with Crippen molar-refractivity contribution in [3.8, 4) is 17.1 Å². The molecule has 0 aliphatic heterocycles. The highest BCUT2D eigenvalue weighted by Gasteiger charge is 2.12. The largest absolute Gasteiger partial charge is 0.484 e. The highest BCUT2D eigenvalue weighted by molar-refractivity contribution is 5.93. The van der Waals surface area contributed by atoms with E-state index in [-0.39, 0.29) is 18.6 Å². The molecule has 1 atom stereocenters. The fourth-order valence-corrected chi connectivity index (χ4v) is 3.97. The molecular formula is C28H28N6O2. The Balaban J connectivity index is 1.44. The van der Waals surface area contributed by atoms with Crippen LogP contribution in [0.4, 0.5) is 11.5 Å². The molecule has 2 N–H and O–H groups in total. The van der Waals surface area contributed by atoms with Crippen LogP contribution in [0.1, 0.15) is 20.3 Å². The number of carbonyl (C=O) groups is 1. The number of aryl methyl sites for hydroxylation is 1. The number of benzene rings is 3. The summed E-state index contributed by atoms with van der Waals surface area (Å²) in [5.74, 6) is 1.71. The molecule has 0 aliphatic carbocycles. The van der Waals surface area contributed by atoms with Crippen LogP contribution in [0.3, 0.4) is 0 Å². The van der Waals surface area contributed by atoms with Crippen LogP contribution >= 0.6 is 0 Å². The van der Waals surface area contributed by atoms with Crippen molar-refractivity contribution >= 4 is 39.2 Å². The maximum atomic E-state index is 12.1. The van der Waals surface area contributed by atoms with E-state index in [9.17, 15) is 4.79 Å². The minimum atomic E-state index is -0.145. The third-order valence-corrected chi connectivity index (χ3v) is 6.09. The summed E-state index contributed by atoms with van der Waals surface area (Å²) in [5, 5.41) is 12.7. The van der Waals surface area contributed by atoms with Crippen molar-refractivity contribution in [1.82, 2.24) is 25.1 Å². The molecular weight excluding hydrogens is 452 g/mol. The number of nitrogens with one attached hydrogen (secondary N) is 2. The Morgan fingerprint density at radius 2 is 1.92 bits per heavy atom. The van der Waals surface area contributed by atoms with Gasteiger partial charge in [-0.15, -0.1) is 0 Å². The number of nitrogens with zero attached hydrogens (tertiary/aromatic N) is 4. The fraction of sp³-hybridized carbons (Fsp3) is 0.214. The monoisotopic (exact) mass is 480 g/mol. The lowest BCUT2D eigenvalue weighted by Crippen LogP contribution is -2.35. The minimum Gasteiger partial charge on any atom is -0.484 e.